The zero-order valence-corrected chi connectivity index (χ0v) is 11.9. The number of para-hydroxylation sites is 1. The largest absolute Gasteiger partial charge is 0.491 e. The SMILES string of the molecule is CCCCCCCCc1ccccc1OCCOO. The molecule has 1 aromatic carbocycles. The summed E-state index contributed by atoms with van der Waals surface area (Å²) in [6.07, 6.45) is 8.87. The number of hydrogen-bond donors (Lipinski definition) is 1. The van der Waals surface area contributed by atoms with E-state index in [4.69, 9.17) is 9.99 Å². The summed E-state index contributed by atoms with van der Waals surface area (Å²) < 4.78 is 5.59. The summed E-state index contributed by atoms with van der Waals surface area (Å²) in [6, 6.07) is 8.10. The van der Waals surface area contributed by atoms with E-state index < -0.39 is 0 Å². The summed E-state index contributed by atoms with van der Waals surface area (Å²) in [5.41, 5.74) is 1.25. The van der Waals surface area contributed by atoms with Crippen LogP contribution in [-0.2, 0) is 11.3 Å². The van der Waals surface area contributed by atoms with E-state index in [0.29, 0.717) is 6.61 Å². The molecule has 0 atom stereocenters. The molecule has 0 spiro atoms. The van der Waals surface area contributed by atoms with E-state index in [-0.39, 0.29) is 6.61 Å². The Kier molecular flexibility index (Phi) is 9.11. The van der Waals surface area contributed by atoms with Crippen LogP contribution in [0.5, 0.6) is 5.75 Å². The van der Waals surface area contributed by atoms with E-state index in [1.807, 2.05) is 18.2 Å². The van der Waals surface area contributed by atoms with Crippen molar-refractivity contribution < 1.29 is 14.9 Å². The molecule has 0 fully saturated rings. The lowest BCUT2D eigenvalue weighted by Gasteiger charge is -2.10. The molecule has 1 aromatic rings. The Bertz CT molecular complexity index is 326. The monoisotopic (exact) mass is 266 g/mol. The first-order valence-electron chi connectivity index (χ1n) is 7.35. The van der Waals surface area contributed by atoms with Gasteiger partial charge >= 0.3 is 0 Å². The van der Waals surface area contributed by atoms with Crippen LogP contribution in [0.4, 0.5) is 0 Å². The van der Waals surface area contributed by atoms with E-state index in [2.05, 4.69) is 17.9 Å². The van der Waals surface area contributed by atoms with Gasteiger partial charge in [0.15, 0.2) is 0 Å². The van der Waals surface area contributed by atoms with Gasteiger partial charge in [0, 0.05) is 0 Å². The van der Waals surface area contributed by atoms with Gasteiger partial charge in [-0.05, 0) is 24.5 Å². The van der Waals surface area contributed by atoms with Crippen molar-refractivity contribution in [2.24, 2.45) is 0 Å². The second kappa shape index (κ2) is 10.8. The fourth-order valence-electron chi connectivity index (χ4n) is 2.14. The van der Waals surface area contributed by atoms with Crippen LogP contribution in [0.25, 0.3) is 0 Å². The van der Waals surface area contributed by atoms with Crippen molar-refractivity contribution in [2.75, 3.05) is 13.2 Å². The predicted molar refractivity (Wildman–Crippen MR) is 77.6 cm³/mol. The Morgan fingerprint density at radius 2 is 1.68 bits per heavy atom. The van der Waals surface area contributed by atoms with Crippen molar-refractivity contribution in [1.82, 2.24) is 0 Å². The molecule has 0 aromatic heterocycles. The molecule has 0 aliphatic heterocycles. The van der Waals surface area contributed by atoms with Gasteiger partial charge in [-0.1, -0.05) is 57.2 Å². The third-order valence-electron chi connectivity index (χ3n) is 3.20. The Morgan fingerprint density at radius 3 is 2.47 bits per heavy atom. The molecule has 0 bridgehead atoms. The average Bonchev–Trinajstić information content (AvgIpc) is 2.44. The van der Waals surface area contributed by atoms with Crippen LogP contribution < -0.4 is 4.74 Å². The van der Waals surface area contributed by atoms with E-state index in [0.717, 1.165) is 12.2 Å². The number of unbranched alkanes of at least 4 members (excludes halogenated alkanes) is 5. The molecule has 3 nitrogen and oxygen atoms in total. The second-order valence-electron chi connectivity index (χ2n) is 4.81. The molecule has 0 amide bonds. The van der Waals surface area contributed by atoms with Crippen LogP contribution in [0.2, 0.25) is 0 Å². The highest BCUT2D eigenvalue weighted by atomic mass is 17.1. The molecule has 0 saturated heterocycles. The summed E-state index contributed by atoms with van der Waals surface area (Å²) >= 11 is 0. The minimum absolute atomic E-state index is 0.200. The lowest BCUT2D eigenvalue weighted by Crippen LogP contribution is -2.06. The fourth-order valence-corrected chi connectivity index (χ4v) is 2.14. The maximum absolute atomic E-state index is 8.28. The summed E-state index contributed by atoms with van der Waals surface area (Å²) in [4.78, 5) is 4.01. The van der Waals surface area contributed by atoms with Gasteiger partial charge in [0.25, 0.3) is 0 Å². The predicted octanol–water partition coefficient (Wildman–Crippen LogP) is 4.46. The summed E-state index contributed by atoms with van der Waals surface area (Å²) in [7, 11) is 0. The minimum atomic E-state index is 0.200. The Balaban J connectivity index is 2.27. The van der Waals surface area contributed by atoms with Crippen LogP contribution >= 0.6 is 0 Å². The van der Waals surface area contributed by atoms with Gasteiger partial charge in [-0.2, -0.15) is 0 Å². The molecule has 0 aliphatic rings. The van der Waals surface area contributed by atoms with Crippen molar-refractivity contribution >= 4 is 0 Å². The van der Waals surface area contributed by atoms with Crippen LogP contribution in [-0.4, -0.2) is 18.5 Å². The highest BCUT2D eigenvalue weighted by Crippen LogP contribution is 2.20. The topological polar surface area (TPSA) is 38.7 Å². The van der Waals surface area contributed by atoms with Crippen molar-refractivity contribution in [3.63, 3.8) is 0 Å². The maximum atomic E-state index is 8.28. The summed E-state index contributed by atoms with van der Waals surface area (Å²) in [5.74, 6) is 0.910. The molecular weight excluding hydrogens is 240 g/mol. The molecule has 0 aliphatic carbocycles. The van der Waals surface area contributed by atoms with E-state index in [1.165, 1.54) is 44.1 Å². The zero-order valence-electron chi connectivity index (χ0n) is 11.9. The quantitative estimate of drug-likeness (QED) is 0.365. The molecule has 108 valence electrons. The second-order valence-corrected chi connectivity index (χ2v) is 4.81. The molecule has 0 unspecified atom stereocenters. The van der Waals surface area contributed by atoms with Gasteiger partial charge in [-0.3, -0.25) is 5.26 Å². The molecule has 1 N–H and O–H groups in total. The Hall–Kier alpha value is -1.06. The molecule has 19 heavy (non-hydrogen) atoms. The normalized spacial score (nSPS) is 10.6. The molecule has 0 heterocycles. The first-order valence-corrected chi connectivity index (χ1v) is 7.35. The third kappa shape index (κ3) is 7.19. The van der Waals surface area contributed by atoms with Crippen LogP contribution in [0.1, 0.15) is 51.0 Å². The molecule has 1 rings (SSSR count). The third-order valence-corrected chi connectivity index (χ3v) is 3.20. The van der Waals surface area contributed by atoms with E-state index in [9.17, 15) is 0 Å². The van der Waals surface area contributed by atoms with Crippen LogP contribution in [0.3, 0.4) is 0 Å². The number of ether oxygens (including phenoxy) is 1. The van der Waals surface area contributed by atoms with Gasteiger partial charge in [-0.15, -0.1) is 0 Å². The van der Waals surface area contributed by atoms with E-state index in [1.54, 1.807) is 0 Å². The van der Waals surface area contributed by atoms with Crippen LogP contribution in [0.15, 0.2) is 24.3 Å². The standard InChI is InChI=1S/C16H26O3/c1-2-3-4-5-6-7-10-15-11-8-9-12-16(15)18-13-14-19-17/h8-9,11-12,17H,2-7,10,13-14H2,1H3. The smallest absolute Gasteiger partial charge is 0.122 e. The zero-order chi connectivity index (χ0) is 13.8. The highest BCUT2D eigenvalue weighted by molar-refractivity contribution is 5.33. The molecule has 0 saturated carbocycles. The average molecular weight is 266 g/mol. The van der Waals surface area contributed by atoms with Gasteiger partial charge in [0.2, 0.25) is 0 Å². The number of aryl methyl sites for hydroxylation is 1. The van der Waals surface area contributed by atoms with Gasteiger partial charge in [0.1, 0.15) is 19.0 Å². The highest BCUT2D eigenvalue weighted by Gasteiger charge is 2.02. The first kappa shape index (κ1) is 16.0. The maximum Gasteiger partial charge on any atom is 0.122 e. The molecule has 3 heteroatoms. The fraction of sp³-hybridized carbons (Fsp3) is 0.625. The van der Waals surface area contributed by atoms with Crippen LogP contribution in [0, 0.1) is 0 Å². The number of hydrogen-bond acceptors (Lipinski definition) is 3. The lowest BCUT2D eigenvalue weighted by atomic mass is 10.0. The van der Waals surface area contributed by atoms with E-state index >= 15 is 0 Å². The van der Waals surface area contributed by atoms with Crippen molar-refractivity contribution in [3.8, 4) is 5.75 Å². The summed E-state index contributed by atoms with van der Waals surface area (Å²) in [5, 5.41) is 8.28. The molecule has 0 radical (unpaired) electrons. The van der Waals surface area contributed by atoms with Gasteiger partial charge < -0.3 is 4.74 Å². The lowest BCUT2D eigenvalue weighted by molar-refractivity contribution is -0.245. The Labute approximate surface area is 116 Å². The minimum Gasteiger partial charge on any atom is -0.491 e. The molecular formula is C16H26O3. The number of benzene rings is 1. The van der Waals surface area contributed by atoms with Crippen molar-refractivity contribution in [3.05, 3.63) is 29.8 Å². The first-order chi connectivity index (χ1) is 9.38. The summed E-state index contributed by atoms with van der Waals surface area (Å²) in [6.45, 7) is 2.82. The van der Waals surface area contributed by atoms with Gasteiger partial charge in [0.05, 0.1) is 0 Å². The van der Waals surface area contributed by atoms with Gasteiger partial charge in [-0.25, -0.2) is 4.89 Å². The Morgan fingerprint density at radius 1 is 0.947 bits per heavy atom. The number of rotatable bonds is 11. The van der Waals surface area contributed by atoms with Crippen molar-refractivity contribution in [2.45, 2.75) is 51.9 Å². The van der Waals surface area contributed by atoms with Crippen molar-refractivity contribution in [1.29, 1.82) is 0 Å².